The third-order valence-corrected chi connectivity index (χ3v) is 8.88. The lowest BCUT2D eigenvalue weighted by Crippen LogP contribution is -2.55. The van der Waals surface area contributed by atoms with Gasteiger partial charge in [0.2, 0.25) is 11.8 Å². The van der Waals surface area contributed by atoms with Crippen LogP contribution in [0.3, 0.4) is 0 Å². The molecule has 7 rings (SSSR count). The highest BCUT2D eigenvalue weighted by Gasteiger charge is 2.31. The molecule has 0 saturated carbocycles. The molecular weight excluding hydrogens is 634 g/mol. The molecule has 242 valence electrons. The van der Waals surface area contributed by atoms with E-state index in [-0.39, 0.29) is 59.4 Å². The first-order chi connectivity index (χ1) is 22.7. The van der Waals surface area contributed by atoms with E-state index in [1.165, 1.54) is 30.4 Å². The smallest absolute Gasteiger partial charge is 0.335 e. The van der Waals surface area contributed by atoms with Gasteiger partial charge in [0, 0.05) is 31.6 Å². The van der Waals surface area contributed by atoms with Crippen molar-refractivity contribution in [3.63, 3.8) is 0 Å². The summed E-state index contributed by atoms with van der Waals surface area (Å²) < 4.78 is 50.0. The van der Waals surface area contributed by atoms with E-state index in [2.05, 4.69) is 20.2 Å². The maximum atomic E-state index is 15.5. The molecule has 5 aromatic rings. The van der Waals surface area contributed by atoms with Crippen LogP contribution in [0.4, 0.5) is 8.78 Å². The Labute approximate surface area is 270 Å². The number of imidazole rings is 1. The summed E-state index contributed by atoms with van der Waals surface area (Å²) in [5, 5.41) is 18.5. The van der Waals surface area contributed by atoms with Crippen LogP contribution >= 0.6 is 11.3 Å². The van der Waals surface area contributed by atoms with Gasteiger partial charge in [-0.05, 0) is 48.4 Å². The van der Waals surface area contributed by atoms with Crippen LogP contribution in [0.1, 0.15) is 40.1 Å². The maximum absolute atomic E-state index is 15.5. The molecule has 0 aliphatic carbocycles. The molecule has 0 spiro atoms. The Morgan fingerprint density at radius 2 is 1.91 bits per heavy atom. The van der Waals surface area contributed by atoms with E-state index in [0.29, 0.717) is 53.3 Å². The minimum atomic E-state index is -1.07. The number of ether oxygens (including phenoxy) is 3. The molecule has 0 bridgehead atoms. The highest BCUT2D eigenvalue weighted by molar-refractivity contribution is 7.13. The monoisotopic (exact) mass is 662 g/mol. The number of hydrogen-bond acceptors (Lipinski definition) is 10. The second-order valence-corrected chi connectivity index (χ2v) is 12.3. The number of fused-ring (bicyclic) bond motifs is 1. The summed E-state index contributed by atoms with van der Waals surface area (Å²) in [7, 11) is 0. The van der Waals surface area contributed by atoms with Gasteiger partial charge in [0.1, 0.15) is 30.2 Å². The number of pyridine rings is 1. The first-order valence-corrected chi connectivity index (χ1v) is 15.7. The minimum absolute atomic E-state index is 0.00412. The normalized spacial score (nSPS) is 16.1. The molecule has 47 heavy (non-hydrogen) atoms. The average molecular weight is 663 g/mol. The lowest BCUT2D eigenvalue weighted by Gasteiger charge is -2.37. The molecular formula is C32H28F2N6O6S. The molecule has 3 aromatic heterocycles. The van der Waals surface area contributed by atoms with Crippen molar-refractivity contribution in [2.75, 3.05) is 19.7 Å². The molecule has 1 N–H and O–H groups in total. The molecule has 2 aliphatic heterocycles. The zero-order chi connectivity index (χ0) is 32.7. The second kappa shape index (κ2) is 12.6. The Hall–Kier alpha value is -5.02. The number of halogens is 2. The zero-order valence-electron chi connectivity index (χ0n) is 25.1. The van der Waals surface area contributed by atoms with E-state index in [9.17, 15) is 14.7 Å². The quantitative estimate of drug-likeness (QED) is 0.215. The zero-order valence-corrected chi connectivity index (χ0v) is 25.9. The van der Waals surface area contributed by atoms with Crippen LogP contribution < -0.4 is 9.47 Å². The number of carbonyl (C=O) groups is 2. The molecule has 0 radical (unpaired) electrons. The van der Waals surface area contributed by atoms with Gasteiger partial charge in [-0.3, -0.25) is 4.79 Å². The minimum Gasteiger partial charge on any atom is -0.478 e. The van der Waals surface area contributed by atoms with Crippen molar-refractivity contribution in [3.8, 4) is 22.3 Å². The third kappa shape index (κ3) is 6.49. The Bertz CT molecular complexity index is 1990. The molecule has 2 aromatic carbocycles. The number of carboxylic acid groups (broad SMARTS) is 1. The van der Waals surface area contributed by atoms with E-state index in [1.807, 2.05) is 4.57 Å². The van der Waals surface area contributed by atoms with Gasteiger partial charge in [0.05, 0.1) is 48.0 Å². The molecule has 2 saturated heterocycles. The number of aromatic nitrogens is 5. The van der Waals surface area contributed by atoms with E-state index in [4.69, 9.17) is 14.2 Å². The number of aromatic carboxylic acids is 1. The predicted molar refractivity (Wildman–Crippen MR) is 164 cm³/mol. The van der Waals surface area contributed by atoms with Crippen LogP contribution in [-0.2, 0) is 29.1 Å². The van der Waals surface area contributed by atoms with Gasteiger partial charge < -0.3 is 28.8 Å². The fraction of sp³-hybridized carbons (Fsp3) is 0.312. The highest BCUT2D eigenvalue weighted by Crippen LogP contribution is 2.30. The van der Waals surface area contributed by atoms with Gasteiger partial charge in [-0.15, -0.1) is 5.10 Å². The molecule has 2 aliphatic rings. The van der Waals surface area contributed by atoms with Crippen LogP contribution in [0.25, 0.3) is 22.3 Å². The predicted octanol–water partition coefficient (Wildman–Crippen LogP) is 4.49. The number of carbonyl (C=O) groups excluding carboxylic acids is 1. The summed E-state index contributed by atoms with van der Waals surface area (Å²) >= 11 is 1.21. The SMILES string of the molecule is CC(=O)N1CC(Oc2nnc(COc3cccc(-c4cc(F)c(Cc5nc6ccc(C(=O)O)cc6n5CC5CCO5)cc4F)n3)s2)C1. The first-order valence-electron chi connectivity index (χ1n) is 14.9. The Morgan fingerprint density at radius 3 is 2.66 bits per heavy atom. The molecule has 1 unspecified atom stereocenters. The topological polar surface area (TPSA) is 142 Å². The third-order valence-electron chi connectivity index (χ3n) is 8.09. The summed E-state index contributed by atoms with van der Waals surface area (Å²) in [6.45, 7) is 3.60. The maximum Gasteiger partial charge on any atom is 0.335 e. The summed E-state index contributed by atoms with van der Waals surface area (Å²) in [4.78, 5) is 33.6. The Balaban J connectivity index is 1.06. The lowest BCUT2D eigenvalue weighted by atomic mass is 10.0. The van der Waals surface area contributed by atoms with E-state index in [0.717, 1.165) is 18.6 Å². The van der Waals surface area contributed by atoms with Gasteiger partial charge in [-0.1, -0.05) is 22.5 Å². The van der Waals surface area contributed by atoms with Crippen LogP contribution in [0.2, 0.25) is 0 Å². The second-order valence-electron chi connectivity index (χ2n) is 11.3. The molecule has 12 nitrogen and oxygen atoms in total. The molecule has 1 amide bonds. The largest absolute Gasteiger partial charge is 0.478 e. The summed E-state index contributed by atoms with van der Waals surface area (Å²) in [5.41, 5.74) is 1.49. The Morgan fingerprint density at radius 1 is 1.09 bits per heavy atom. The molecule has 1 atom stereocenters. The molecule has 5 heterocycles. The molecule has 15 heteroatoms. The van der Waals surface area contributed by atoms with Crippen molar-refractivity contribution in [2.24, 2.45) is 0 Å². The van der Waals surface area contributed by atoms with Crippen molar-refractivity contribution in [1.29, 1.82) is 0 Å². The van der Waals surface area contributed by atoms with Crippen LogP contribution in [0.5, 0.6) is 11.1 Å². The summed E-state index contributed by atoms with van der Waals surface area (Å²) in [6, 6.07) is 11.6. The average Bonchev–Trinajstić information content (AvgIpc) is 3.60. The van der Waals surface area contributed by atoms with E-state index >= 15 is 8.78 Å². The first kappa shape index (κ1) is 30.6. The summed E-state index contributed by atoms with van der Waals surface area (Å²) in [5.74, 6) is -1.73. The standard InChI is InChI=1S/C32H28F2N6O6S/c1-17(41)39-13-21(14-39)46-32-38-37-30(47-32)16-45-29-4-2-3-25(36-29)22-12-23(33)19(9-24(22)34)11-28-35-26-6-5-18(31(42)43)10-27(26)40(28)15-20-7-8-44-20/h2-6,9-10,12,20-21H,7-8,11,13-16H2,1H3,(H,42,43). The van der Waals surface area contributed by atoms with E-state index in [1.54, 1.807) is 29.2 Å². The van der Waals surface area contributed by atoms with Gasteiger partial charge in [-0.25, -0.2) is 23.5 Å². The van der Waals surface area contributed by atoms with Crippen LogP contribution in [0.15, 0.2) is 48.5 Å². The van der Waals surface area contributed by atoms with Gasteiger partial charge in [-0.2, -0.15) is 0 Å². The fourth-order valence-corrected chi connectivity index (χ4v) is 6.07. The van der Waals surface area contributed by atoms with Gasteiger partial charge in [0.15, 0.2) is 5.01 Å². The van der Waals surface area contributed by atoms with Crippen molar-refractivity contribution in [3.05, 3.63) is 82.1 Å². The number of rotatable bonds is 11. The highest BCUT2D eigenvalue weighted by atomic mass is 32.1. The van der Waals surface area contributed by atoms with Crippen molar-refractivity contribution in [2.45, 2.75) is 45.1 Å². The number of amides is 1. The molecule has 2 fully saturated rings. The van der Waals surface area contributed by atoms with Gasteiger partial charge >= 0.3 is 5.97 Å². The number of carboxylic acids is 1. The van der Waals surface area contributed by atoms with Crippen molar-refractivity contribution >= 4 is 34.2 Å². The lowest BCUT2D eigenvalue weighted by molar-refractivity contribution is -0.137. The van der Waals surface area contributed by atoms with Crippen LogP contribution in [-0.4, -0.2) is 78.5 Å². The van der Waals surface area contributed by atoms with E-state index < -0.39 is 17.6 Å². The van der Waals surface area contributed by atoms with Crippen molar-refractivity contribution in [1.82, 2.24) is 29.6 Å². The van der Waals surface area contributed by atoms with Gasteiger partial charge in [0.25, 0.3) is 5.19 Å². The number of likely N-dealkylation sites (tertiary alicyclic amines) is 1. The summed E-state index contributed by atoms with van der Waals surface area (Å²) in [6.07, 6.45) is 0.617. The number of benzene rings is 2. The number of nitrogens with zero attached hydrogens (tertiary/aromatic N) is 6. The van der Waals surface area contributed by atoms with Crippen molar-refractivity contribution < 1.29 is 37.7 Å². The Kier molecular flexibility index (Phi) is 8.24. The van der Waals surface area contributed by atoms with Crippen LogP contribution in [0, 0.1) is 11.6 Å². The fourth-order valence-electron chi connectivity index (χ4n) is 5.40. The number of hydrogen-bond donors (Lipinski definition) is 1.